The van der Waals surface area contributed by atoms with Crippen LogP contribution in [0, 0.1) is 0 Å². The minimum absolute atomic E-state index is 0.204. The molecule has 0 saturated carbocycles. The number of hydrogen-bond donors (Lipinski definition) is 1. The first-order valence-corrected chi connectivity index (χ1v) is 7.05. The average Bonchev–Trinajstić information content (AvgIpc) is 2.56. The van der Waals surface area contributed by atoms with Gasteiger partial charge in [-0.2, -0.15) is 0 Å². The van der Waals surface area contributed by atoms with Crippen molar-refractivity contribution >= 4 is 5.91 Å². The van der Waals surface area contributed by atoms with Gasteiger partial charge in [-0.05, 0) is 30.2 Å². The van der Waals surface area contributed by atoms with Gasteiger partial charge in [0.05, 0.1) is 6.61 Å². The molecule has 0 radical (unpaired) electrons. The van der Waals surface area contributed by atoms with Crippen molar-refractivity contribution in [1.82, 2.24) is 15.3 Å². The number of hydrogen-bond acceptors (Lipinski definition) is 5. The van der Waals surface area contributed by atoms with Crippen LogP contribution in [0.25, 0.3) is 0 Å². The molecule has 1 amide bonds. The number of amides is 1. The second-order valence-electron chi connectivity index (χ2n) is 4.56. The molecule has 6 heteroatoms. The molecule has 0 aliphatic carbocycles. The molecule has 0 fully saturated rings. The fourth-order valence-electron chi connectivity index (χ4n) is 1.86. The van der Waals surface area contributed by atoms with E-state index in [0.717, 1.165) is 12.0 Å². The number of carbonyl (C=O) groups is 1. The van der Waals surface area contributed by atoms with E-state index in [-0.39, 0.29) is 5.91 Å². The lowest BCUT2D eigenvalue weighted by molar-refractivity contribution is 0.0944. The van der Waals surface area contributed by atoms with E-state index < -0.39 is 0 Å². The number of pyridine rings is 2. The van der Waals surface area contributed by atoms with E-state index in [1.807, 2.05) is 12.1 Å². The molecule has 0 spiro atoms. The highest BCUT2D eigenvalue weighted by molar-refractivity contribution is 5.96. The fraction of sp³-hybridized carbons (Fsp3) is 0.312. The van der Waals surface area contributed by atoms with Crippen molar-refractivity contribution in [2.45, 2.75) is 6.42 Å². The van der Waals surface area contributed by atoms with E-state index >= 15 is 0 Å². The maximum atomic E-state index is 12.2. The van der Waals surface area contributed by atoms with Gasteiger partial charge >= 0.3 is 0 Å². The quantitative estimate of drug-likeness (QED) is 0.748. The normalized spacial score (nSPS) is 10.2. The van der Waals surface area contributed by atoms with Crippen molar-refractivity contribution in [3.05, 3.63) is 54.0 Å². The second kappa shape index (κ2) is 8.74. The standard InChI is InChI=1S/C16H19N3O3/c1-21-10-11-22-16-14(5-3-8-19-16)15(20)18-9-6-13-4-2-7-17-12-13/h2-5,7-8,12H,6,9-11H2,1H3,(H,18,20). The topological polar surface area (TPSA) is 73.3 Å². The summed E-state index contributed by atoms with van der Waals surface area (Å²) < 4.78 is 10.4. The molecule has 0 bridgehead atoms. The smallest absolute Gasteiger partial charge is 0.256 e. The van der Waals surface area contributed by atoms with E-state index in [0.29, 0.717) is 31.2 Å². The Balaban J connectivity index is 1.89. The molecule has 2 heterocycles. The van der Waals surface area contributed by atoms with Crippen LogP contribution in [0.4, 0.5) is 0 Å². The summed E-state index contributed by atoms with van der Waals surface area (Å²) in [6, 6.07) is 7.25. The van der Waals surface area contributed by atoms with Crippen LogP contribution >= 0.6 is 0 Å². The summed E-state index contributed by atoms with van der Waals surface area (Å²) in [5.74, 6) is 0.114. The predicted octanol–water partition coefficient (Wildman–Crippen LogP) is 1.47. The lowest BCUT2D eigenvalue weighted by Gasteiger charge is -2.10. The van der Waals surface area contributed by atoms with E-state index in [1.54, 1.807) is 37.8 Å². The van der Waals surface area contributed by atoms with Gasteiger partial charge in [0.1, 0.15) is 12.2 Å². The highest BCUT2D eigenvalue weighted by Gasteiger charge is 2.12. The van der Waals surface area contributed by atoms with Crippen LogP contribution in [-0.4, -0.2) is 42.7 Å². The van der Waals surface area contributed by atoms with Gasteiger partial charge in [-0.15, -0.1) is 0 Å². The zero-order valence-electron chi connectivity index (χ0n) is 12.5. The molecule has 0 aromatic carbocycles. The zero-order chi connectivity index (χ0) is 15.6. The van der Waals surface area contributed by atoms with Crippen molar-refractivity contribution < 1.29 is 14.3 Å². The van der Waals surface area contributed by atoms with Gasteiger partial charge < -0.3 is 14.8 Å². The van der Waals surface area contributed by atoms with Gasteiger partial charge in [0.2, 0.25) is 5.88 Å². The molecule has 0 saturated heterocycles. The number of aromatic nitrogens is 2. The number of nitrogens with one attached hydrogen (secondary N) is 1. The Bertz CT molecular complexity index is 590. The Morgan fingerprint density at radius 3 is 2.86 bits per heavy atom. The van der Waals surface area contributed by atoms with Crippen LogP contribution in [0.3, 0.4) is 0 Å². The van der Waals surface area contributed by atoms with Gasteiger partial charge in [0.25, 0.3) is 5.91 Å². The Morgan fingerprint density at radius 2 is 2.09 bits per heavy atom. The minimum Gasteiger partial charge on any atom is -0.475 e. The molecule has 2 aromatic rings. The monoisotopic (exact) mass is 301 g/mol. The lowest BCUT2D eigenvalue weighted by Crippen LogP contribution is -2.26. The summed E-state index contributed by atoms with van der Waals surface area (Å²) in [7, 11) is 1.59. The van der Waals surface area contributed by atoms with Gasteiger partial charge in [-0.3, -0.25) is 9.78 Å². The maximum absolute atomic E-state index is 12.2. The van der Waals surface area contributed by atoms with Crippen LogP contribution < -0.4 is 10.1 Å². The summed E-state index contributed by atoms with van der Waals surface area (Å²) >= 11 is 0. The van der Waals surface area contributed by atoms with Crippen molar-refractivity contribution in [3.8, 4) is 5.88 Å². The summed E-state index contributed by atoms with van der Waals surface area (Å²) in [5, 5.41) is 2.86. The highest BCUT2D eigenvalue weighted by atomic mass is 16.5. The van der Waals surface area contributed by atoms with E-state index in [9.17, 15) is 4.79 Å². The predicted molar refractivity (Wildman–Crippen MR) is 81.9 cm³/mol. The number of carbonyl (C=O) groups excluding carboxylic acids is 1. The maximum Gasteiger partial charge on any atom is 0.256 e. The number of methoxy groups -OCH3 is 1. The molecule has 0 aliphatic heterocycles. The van der Waals surface area contributed by atoms with Gasteiger partial charge in [-0.25, -0.2) is 4.98 Å². The van der Waals surface area contributed by atoms with Crippen LogP contribution in [0.2, 0.25) is 0 Å². The molecule has 2 rings (SSSR count). The summed E-state index contributed by atoms with van der Waals surface area (Å²) in [4.78, 5) is 20.3. The first-order chi connectivity index (χ1) is 10.8. The third-order valence-corrected chi connectivity index (χ3v) is 2.96. The highest BCUT2D eigenvalue weighted by Crippen LogP contribution is 2.14. The summed E-state index contributed by atoms with van der Waals surface area (Å²) in [6.45, 7) is 1.32. The van der Waals surface area contributed by atoms with Gasteiger partial charge in [0, 0.05) is 32.2 Å². The molecule has 2 aromatic heterocycles. The van der Waals surface area contributed by atoms with Crippen LogP contribution in [0.1, 0.15) is 15.9 Å². The SMILES string of the molecule is COCCOc1ncccc1C(=O)NCCc1cccnc1. The van der Waals surface area contributed by atoms with Crippen molar-refractivity contribution in [2.24, 2.45) is 0 Å². The van der Waals surface area contributed by atoms with Crippen LogP contribution in [-0.2, 0) is 11.2 Å². The number of ether oxygens (including phenoxy) is 2. The summed E-state index contributed by atoms with van der Waals surface area (Å²) in [5.41, 5.74) is 1.50. The number of rotatable bonds is 8. The number of nitrogens with zero attached hydrogens (tertiary/aromatic N) is 2. The third-order valence-electron chi connectivity index (χ3n) is 2.96. The third kappa shape index (κ3) is 4.82. The first-order valence-electron chi connectivity index (χ1n) is 7.05. The van der Waals surface area contributed by atoms with E-state index in [2.05, 4.69) is 15.3 Å². The Hall–Kier alpha value is -2.47. The van der Waals surface area contributed by atoms with E-state index in [4.69, 9.17) is 9.47 Å². The molecular weight excluding hydrogens is 282 g/mol. The molecule has 6 nitrogen and oxygen atoms in total. The largest absolute Gasteiger partial charge is 0.475 e. The van der Waals surface area contributed by atoms with E-state index in [1.165, 1.54) is 0 Å². The van der Waals surface area contributed by atoms with Crippen molar-refractivity contribution in [2.75, 3.05) is 26.9 Å². The summed E-state index contributed by atoms with van der Waals surface area (Å²) in [6.07, 6.45) is 5.82. The minimum atomic E-state index is -0.204. The molecule has 116 valence electrons. The average molecular weight is 301 g/mol. The Morgan fingerprint density at radius 1 is 1.23 bits per heavy atom. The first kappa shape index (κ1) is 15.9. The fourth-order valence-corrected chi connectivity index (χ4v) is 1.86. The molecule has 0 aliphatic rings. The second-order valence-corrected chi connectivity index (χ2v) is 4.56. The van der Waals surface area contributed by atoms with Crippen molar-refractivity contribution in [3.63, 3.8) is 0 Å². The Kier molecular flexibility index (Phi) is 6.32. The van der Waals surface area contributed by atoms with Crippen molar-refractivity contribution in [1.29, 1.82) is 0 Å². The molecule has 0 unspecified atom stereocenters. The lowest BCUT2D eigenvalue weighted by atomic mass is 10.2. The Labute approximate surface area is 129 Å². The van der Waals surface area contributed by atoms with Gasteiger partial charge in [0.15, 0.2) is 0 Å². The van der Waals surface area contributed by atoms with Crippen LogP contribution in [0.5, 0.6) is 5.88 Å². The van der Waals surface area contributed by atoms with Gasteiger partial charge in [-0.1, -0.05) is 6.07 Å². The zero-order valence-corrected chi connectivity index (χ0v) is 12.5. The molecule has 22 heavy (non-hydrogen) atoms. The molecule has 0 atom stereocenters. The molecule has 1 N–H and O–H groups in total. The van der Waals surface area contributed by atoms with Crippen LogP contribution in [0.15, 0.2) is 42.9 Å². The molecular formula is C16H19N3O3.